The molecule has 1 aromatic heterocycles. The highest BCUT2D eigenvalue weighted by Crippen LogP contribution is 2.17. The second-order valence-electron chi connectivity index (χ2n) is 5.34. The lowest BCUT2D eigenvalue weighted by molar-refractivity contribution is 0.0856. The standard InChI is InChI=1S/C15H25N3O2/c1-4-7-12-14(13(5-2)18(3)17-12)15(19)16-10-11-8-6-9-20-11/h11H,4-10H2,1-3H3,(H,16,19). The van der Waals surface area contributed by atoms with E-state index >= 15 is 0 Å². The molecule has 112 valence electrons. The molecule has 1 saturated heterocycles. The van der Waals surface area contributed by atoms with Crippen LogP contribution in [0.1, 0.15) is 54.9 Å². The Morgan fingerprint density at radius 3 is 2.90 bits per heavy atom. The third-order valence-electron chi connectivity index (χ3n) is 3.80. The molecule has 0 spiro atoms. The zero-order valence-corrected chi connectivity index (χ0v) is 12.7. The Kier molecular flexibility index (Phi) is 5.17. The molecule has 1 atom stereocenters. The third-order valence-corrected chi connectivity index (χ3v) is 3.80. The van der Waals surface area contributed by atoms with Crippen LogP contribution in [0.3, 0.4) is 0 Å². The summed E-state index contributed by atoms with van der Waals surface area (Å²) in [6, 6.07) is 0. The van der Waals surface area contributed by atoms with Crippen LogP contribution in [-0.4, -0.2) is 34.9 Å². The van der Waals surface area contributed by atoms with Crippen molar-refractivity contribution in [2.75, 3.05) is 13.2 Å². The number of nitrogens with zero attached hydrogens (tertiary/aromatic N) is 2. The van der Waals surface area contributed by atoms with Crippen molar-refractivity contribution in [2.24, 2.45) is 7.05 Å². The summed E-state index contributed by atoms with van der Waals surface area (Å²) < 4.78 is 7.38. The molecule has 1 aromatic rings. The second-order valence-corrected chi connectivity index (χ2v) is 5.34. The van der Waals surface area contributed by atoms with Crippen molar-refractivity contribution in [3.63, 3.8) is 0 Å². The highest BCUT2D eigenvalue weighted by Gasteiger charge is 2.22. The molecule has 20 heavy (non-hydrogen) atoms. The van der Waals surface area contributed by atoms with E-state index in [4.69, 9.17) is 4.74 Å². The monoisotopic (exact) mass is 279 g/mol. The maximum absolute atomic E-state index is 12.5. The highest BCUT2D eigenvalue weighted by atomic mass is 16.5. The van der Waals surface area contributed by atoms with Crippen molar-refractivity contribution in [1.82, 2.24) is 15.1 Å². The van der Waals surface area contributed by atoms with Crippen LogP contribution in [0.25, 0.3) is 0 Å². The normalized spacial score (nSPS) is 18.4. The van der Waals surface area contributed by atoms with E-state index in [9.17, 15) is 4.79 Å². The molecule has 1 fully saturated rings. The van der Waals surface area contributed by atoms with Gasteiger partial charge in [0.1, 0.15) is 0 Å². The van der Waals surface area contributed by atoms with Crippen LogP contribution >= 0.6 is 0 Å². The van der Waals surface area contributed by atoms with Crippen LogP contribution in [0.2, 0.25) is 0 Å². The van der Waals surface area contributed by atoms with E-state index in [0.717, 1.165) is 55.7 Å². The van der Waals surface area contributed by atoms with Crippen molar-refractivity contribution >= 4 is 5.91 Å². The predicted octanol–water partition coefficient (Wildman–Crippen LogP) is 1.84. The lowest BCUT2D eigenvalue weighted by atomic mass is 10.1. The minimum Gasteiger partial charge on any atom is -0.376 e. The van der Waals surface area contributed by atoms with Gasteiger partial charge < -0.3 is 10.1 Å². The summed E-state index contributed by atoms with van der Waals surface area (Å²) in [6.07, 6.45) is 4.96. The first-order chi connectivity index (χ1) is 9.67. The molecule has 5 heteroatoms. The average Bonchev–Trinajstić information content (AvgIpc) is 3.04. The van der Waals surface area contributed by atoms with Gasteiger partial charge in [-0.05, 0) is 25.7 Å². The maximum Gasteiger partial charge on any atom is 0.255 e. The molecule has 0 bridgehead atoms. The molecule has 0 aliphatic carbocycles. The molecule has 2 rings (SSSR count). The van der Waals surface area contributed by atoms with Gasteiger partial charge in [-0.25, -0.2) is 0 Å². The van der Waals surface area contributed by atoms with Gasteiger partial charge in [0.25, 0.3) is 5.91 Å². The summed E-state index contributed by atoms with van der Waals surface area (Å²) in [5.74, 6) is -0.00565. The Morgan fingerprint density at radius 1 is 1.50 bits per heavy atom. The SMILES string of the molecule is CCCc1nn(C)c(CC)c1C(=O)NCC1CCCO1. The molecule has 0 aromatic carbocycles. The number of hydrogen-bond acceptors (Lipinski definition) is 3. The van der Waals surface area contributed by atoms with Gasteiger partial charge in [0.2, 0.25) is 0 Å². The fourth-order valence-corrected chi connectivity index (χ4v) is 2.80. The number of hydrogen-bond donors (Lipinski definition) is 1. The summed E-state index contributed by atoms with van der Waals surface area (Å²) in [4.78, 5) is 12.5. The van der Waals surface area contributed by atoms with Gasteiger partial charge in [-0.1, -0.05) is 20.3 Å². The molecule has 5 nitrogen and oxygen atoms in total. The van der Waals surface area contributed by atoms with Gasteiger partial charge in [-0.2, -0.15) is 5.10 Å². The Morgan fingerprint density at radius 2 is 2.30 bits per heavy atom. The van der Waals surface area contributed by atoms with E-state index in [1.165, 1.54) is 0 Å². The quantitative estimate of drug-likeness (QED) is 0.864. The van der Waals surface area contributed by atoms with Gasteiger partial charge in [-0.15, -0.1) is 0 Å². The Bertz CT molecular complexity index is 462. The van der Waals surface area contributed by atoms with Crippen LogP contribution in [0.5, 0.6) is 0 Å². The molecule has 2 heterocycles. The van der Waals surface area contributed by atoms with Crippen LogP contribution in [0, 0.1) is 0 Å². The summed E-state index contributed by atoms with van der Waals surface area (Å²) >= 11 is 0. The molecule has 0 saturated carbocycles. The van der Waals surface area contributed by atoms with Gasteiger partial charge in [0.05, 0.1) is 23.1 Å². The van der Waals surface area contributed by atoms with E-state index in [0.29, 0.717) is 6.54 Å². The van der Waals surface area contributed by atoms with Gasteiger partial charge >= 0.3 is 0 Å². The number of amides is 1. The Labute approximate surface area is 120 Å². The van der Waals surface area contributed by atoms with Crippen LogP contribution < -0.4 is 5.32 Å². The first-order valence-corrected chi connectivity index (χ1v) is 7.61. The van der Waals surface area contributed by atoms with Crippen LogP contribution in [-0.2, 0) is 24.6 Å². The number of carbonyl (C=O) groups excluding carboxylic acids is 1. The smallest absolute Gasteiger partial charge is 0.255 e. The summed E-state index contributed by atoms with van der Waals surface area (Å²) in [6.45, 7) is 5.58. The predicted molar refractivity (Wildman–Crippen MR) is 77.9 cm³/mol. The molecular formula is C15H25N3O2. The maximum atomic E-state index is 12.5. The summed E-state index contributed by atoms with van der Waals surface area (Å²) in [5.41, 5.74) is 2.70. The molecule has 1 amide bonds. The number of nitrogens with one attached hydrogen (secondary N) is 1. The molecule has 1 aliphatic rings. The minimum absolute atomic E-state index is 0.00565. The third kappa shape index (κ3) is 3.20. The van der Waals surface area contributed by atoms with Gasteiger partial charge in [0.15, 0.2) is 0 Å². The van der Waals surface area contributed by atoms with Crippen LogP contribution in [0.4, 0.5) is 0 Å². The van der Waals surface area contributed by atoms with Crippen molar-refractivity contribution in [3.05, 3.63) is 17.0 Å². The second kappa shape index (κ2) is 6.88. The van der Waals surface area contributed by atoms with Crippen molar-refractivity contribution in [1.29, 1.82) is 0 Å². The number of ether oxygens (including phenoxy) is 1. The summed E-state index contributed by atoms with van der Waals surface area (Å²) in [7, 11) is 1.91. The first kappa shape index (κ1) is 15.0. The largest absolute Gasteiger partial charge is 0.376 e. The average molecular weight is 279 g/mol. The number of rotatable bonds is 6. The number of aryl methyl sites for hydroxylation is 2. The number of carbonyl (C=O) groups is 1. The lowest BCUT2D eigenvalue weighted by Gasteiger charge is -2.11. The van der Waals surface area contributed by atoms with E-state index in [1.54, 1.807) is 0 Å². The van der Waals surface area contributed by atoms with Crippen LogP contribution in [0.15, 0.2) is 0 Å². The zero-order chi connectivity index (χ0) is 14.5. The van der Waals surface area contributed by atoms with Gasteiger partial charge in [0, 0.05) is 20.2 Å². The lowest BCUT2D eigenvalue weighted by Crippen LogP contribution is -2.32. The number of aromatic nitrogens is 2. The fourth-order valence-electron chi connectivity index (χ4n) is 2.80. The van der Waals surface area contributed by atoms with E-state index in [1.807, 2.05) is 11.7 Å². The minimum atomic E-state index is -0.00565. The fraction of sp³-hybridized carbons (Fsp3) is 0.733. The molecule has 0 radical (unpaired) electrons. The topological polar surface area (TPSA) is 56.2 Å². The molecule has 1 N–H and O–H groups in total. The molecule has 1 aliphatic heterocycles. The first-order valence-electron chi connectivity index (χ1n) is 7.61. The van der Waals surface area contributed by atoms with E-state index < -0.39 is 0 Å². The molecule has 1 unspecified atom stereocenters. The van der Waals surface area contributed by atoms with Crippen molar-refractivity contribution in [2.45, 2.75) is 52.1 Å². The Hall–Kier alpha value is -1.36. The molecular weight excluding hydrogens is 254 g/mol. The van der Waals surface area contributed by atoms with Gasteiger partial charge in [-0.3, -0.25) is 9.48 Å². The highest BCUT2D eigenvalue weighted by molar-refractivity contribution is 5.96. The van der Waals surface area contributed by atoms with Crippen molar-refractivity contribution < 1.29 is 9.53 Å². The summed E-state index contributed by atoms with van der Waals surface area (Å²) in [5, 5.41) is 7.51. The van der Waals surface area contributed by atoms with Crippen molar-refractivity contribution in [3.8, 4) is 0 Å². The van der Waals surface area contributed by atoms with E-state index in [-0.39, 0.29) is 12.0 Å². The van der Waals surface area contributed by atoms with E-state index in [2.05, 4.69) is 24.3 Å². The zero-order valence-electron chi connectivity index (χ0n) is 12.7. The Balaban J connectivity index is 2.10.